The molecule has 2 rings (SSSR count). The first-order valence-electron chi connectivity index (χ1n) is 4.88. The summed E-state index contributed by atoms with van der Waals surface area (Å²) in [5.41, 5.74) is 1.16. The maximum Gasteiger partial charge on any atom is 0.272 e. The zero-order valence-electron chi connectivity index (χ0n) is 8.86. The van der Waals surface area contributed by atoms with Crippen LogP contribution in [0.3, 0.4) is 0 Å². The standard InChI is InChI=1S/C10H12N4O2/c1-16-5-4-12-10(15)9-7-6-11-3-2-8(7)13-14-9/h2-3,6H,4-5H2,1H3,(H,12,15)(H,13,14). The highest BCUT2D eigenvalue weighted by atomic mass is 16.5. The van der Waals surface area contributed by atoms with Crippen molar-refractivity contribution in [3.8, 4) is 0 Å². The number of carbonyl (C=O) groups is 1. The molecule has 16 heavy (non-hydrogen) atoms. The Hall–Kier alpha value is -1.95. The summed E-state index contributed by atoms with van der Waals surface area (Å²) in [7, 11) is 1.58. The Bertz CT molecular complexity index is 494. The molecule has 2 aromatic heterocycles. The molecule has 0 saturated carbocycles. The summed E-state index contributed by atoms with van der Waals surface area (Å²) in [5, 5.41) is 10.2. The topological polar surface area (TPSA) is 79.9 Å². The molecule has 84 valence electrons. The lowest BCUT2D eigenvalue weighted by molar-refractivity contribution is 0.0933. The van der Waals surface area contributed by atoms with Crippen LogP contribution >= 0.6 is 0 Å². The van der Waals surface area contributed by atoms with Gasteiger partial charge in [0.15, 0.2) is 5.69 Å². The number of ether oxygens (including phenoxy) is 1. The van der Waals surface area contributed by atoms with E-state index >= 15 is 0 Å². The molecule has 0 fully saturated rings. The predicted molar refractivity (Wildman–Crippen MR) is 58.1 cm³/mol. The number of hydrogen-bond acceptors (Lipinski definition) is 4. The van der Waals surface area contributed by atoms with Gasteiger partial charge < -0.3 is 10.1 Å². The highest BCUT2D eigenvalue weighted by Gasteiger charge is 2.12. The average molecular weight is 220 g/mol. The molecule has 0 unspecified atom stereocenters. The largest absolute Gasteiger partial charge is 0.383 e. The third-order valence-electron chi connectivity index (χ3n) is 2.17. The van der Waals surface area contributed by atoms with Crippen LogP contribution in [0.2, 0.25) is 0 Å². The van der Waals surface area contributed by atoms with Crippen molar-refractivity contribution >= 4 is 16.8 Å². The van der Waals surface area contributed by atoms with Crippen LogP contribution in [0.1, 0.15) is 10.5 Å². The zero-order chi connectivity index (χ0) is 11.4. The van der Waals surface area contributed by atoms with Crippen LogP contribution in [0.5, 0.6) is 0 Å². The van der Waals surface area contributed by atoms with Crippen molar-refractivity contribution in [2.45, 2.75) is 0 Å². The van der Waals surface area contributed by atoms with E-state index in [2.05, 4.69) is 20.5 Å². The van der Waals surface area contributed by atoms with Gasteiger partial charge in [-0.1, -0.05) is 0 Å². The molecule has 6 heteroatoms. The number of nitrogens with one attached hydrogen (secondary N) is 2. The molecular weight excluding hydrogens is 208 g/mol. The second-order valence-corrected chi connectivity index (χ2v) is 3.24. The number of amides is 1. The van der Waals surface area contributed by atoms with Crippen molar-refractivity contribution in [1.82, 2.24) is 20.5 Å². The maximum atomic E-state index is 11.7. The fraction of sp³-hybridized carbons (Fsp3) is 0.300. The molecule has 6 nitrogen and oxygen atoms in total. The summed E-state index contributed by atoms with van der Waals surface area (Å²) in [6.45, 7) is 0.941. The third kappa shape index (κ3) is 2.01. The highest BCUT2D eigenvalue weighted by molar-refractivity contribution is 6.04. The first kappa shape index (κ1) is 10.6. The number of nitrogens with zero attached hydrogens (tertiary/aromatic N) is 2. The Morgan fingerprint density at radius 1 is 1.62 bits per heavy atom. The Labute approximate surface area is 92.0 Å². The average Bonchev–Trinajstić information content (AvgIpc) is 2.73. The number of fused-ring (bicyclic) bond motifs is 1. The number of aromatic amines is 1. The molecule has 2 N–H and O–H groups in total. The van der Waals surface area contributed by atoms with Gasteiger partial charge in [0.05, 0.1) is 17.5 Å². The number of pyridine rings is 1. The number of rotatable bonds is 4. The Morgan fingerprint density at radius 2 is 2.50 bits per heavy atom. The van der Waals surface area contributed by atoms with E-state index in [1.807, 2.05) is 0 Å². The van der Waals surface area contributed by atoms with Crippen molar-refractivity contribution in [2.75, 3.05) is 20.3 Å². The Kier molecular flexibility index (Phi) is 3.11. The molecule has 0 radical (unpaired) electrons. The van der Waals surface area contributed by atoms with Gasteiger partial charge in [0.2, 0.25) is 0 Å². The van der Waals surface area contributed by atoms with Gasteiger partial charge in [-0.2, -0.15) is 5.10 Å². The van der Waals surface area contributed by atoms with Crippen molar-refractivity contribution in [1.29, 1.82) is 0 Å². The minimum absolute atomic E-state index is 0.226. The molecule has 0 spiro atoms. The van der Waals surface area contributed by atoms with Crippen molar-refractivity contribution in [3.63, 3.8) is 0 Å². The molecule has 0 aromatic carbocycles. The smallest absolute Gasteiger partial charge is 0.272 e. The van der Waals surface area contributed by atoms with Gasteiger partial charge in [-0.15, -0.1) is 0 Å². The molecule has 0 aliphatic heterocycles. The van der Waals surface area contributed by atoms with Crippen LogP contribution in [0.15, 0.2) is 18.5 Å². The second-order valence-electron chi connectivity index (χ2n) is 3.24. The number of carbonyl (C=O) groups excluding carboxylic acids is 1. The summed E-state index contributed by atoms with van der Waals surface area (Å²) in [4.78, 5) is 15.7. The van der Waals surface area contributed by atoms with Gasteiger partial charge in [-0.05, 0) is 6.07 Å². The SMILES string of the molecule is COCCNC(=O)c1n[nH]c2ccncc12. The van der Waals surface area contributed by atoms with Gasteiger partial charge in [0, 0.05) is 26.0 Å². The van der Waals surface area contributed by atoms with Gasteiger partial charge in [-0.25, -0.2) is 0 Å². The van der Waals surface area contributed by atoms with E-state index in [4.69, 9.17) is 4.74 Å². The van der Waals surface area contributed by atoms with E-state index in [0.717, 1.165) is 10.9 Å². The minimum atomic E-state index is -0.226. The molecule has 0 aliphatic rings. The van der Waals surface area contributed by atoms with Gasteiger partial charge in [0.1, 0.15) is 0 Å². The number of aromatic nitrogens is 3. The van der Waals surface area contributed by atoms with Crippen LogP contribution in [-0.2, 0) is 4.74 Å². The van der Waals surface area contributed by atoms with Crippen LogP contribution < -0.4 is 5.32 Å². The molecule has 2 aromatic rings. The van der Waals surface area contributed by atoms with E-state index in [0.29, 0.717) is 18.8 Å². The maximum absolute atomic E-state index is 11.7. The molecule has 0 atom stereocenters. The summed E-state index contributed by atoms with van der Waals surface area (Å²) in [6.07, 6.45) is 3.26. The van der Waals surface area contributed by atoms with E-state index in [1.54, 1.807) is 25.6 Å². The first-order chi connectivity index (χ1) is 7.83. The lowest BCUT2D eigenvalue weighted by Crippen LogP contribution is -2.27. The van der Waals surface area contributed by atoms with Gasteiger partial charge >= 0.3 is 0 Å². The monoisotopic (exact) mass is 220 g/mol. The van der Waals surface area contributed by atoms with Crippen molar-refractivity contribution < 1.29 is 9.53 Å². The second kappa shape index (κ2) is 4.71. The predicted octanol–water partition coefficient (Wildman–Crippen LogP) is 0.334. The normalized spacial score (nSPS) is 10.6. The Morgan fingerprint density at radius 3 is 3.31 bits per heavy atom. The van der Waals surface area contributed by atoms with E-state index in [-0.39, 0.29) is 5.91 Å². The van der Waals surface area contributed by atoms with Crippen molar-refractivity contribution in [3.05, 3.63) is 24.2 Å². The van der Waals surface area contributed by atoms with Gasteiger partial charge in [0.25, 0.3) is 5.91 Å². The molecular formula is C10H12N4O2. The molecule has 1 amide bonds. The highest BCUT2D eigenvalue weighted by Crippen LogP contribution is 2.12. The lowest BCUT2D eigenvalue weighted by Gasteiger charge is -2.01. The van der Waals surface area contributed by atoms with Crippen LogP contribution in [0, 0.1) is 0 Å². The zero-order valence-corrected chi connectivity index (χ0v) is 8.86. The Balaban J connectivity index is 2.17. The summed E-state index contributed by atoms with van der Waals surface area (Å²) < 4.78 is 4.84. The van der Waals surface area contributed by atoms with Crippen LogP contribution in [-0.4, -0.2) is 41.3 Å². The fourth-order valence-electron chi connectivity index (χ4n) is 1.38. The number of methoxy groups -OCH3 is 1. The minimum Gasteiger partial charge on any atom is -0.383 e. The lowest BCUT2D eigenvalue weighted by atomic mass is 10.2. The van der Waals surface area contributed by atoms with E-state index in [9.17, 15) is 4.79 Å². The van der Waals surface area contributed by atoms with Crippen molar-refractivity contribution in [2.24, 2.45) is 0 Å². The van der Waals surface area contributed by atoms with E-state index in [1.165, 1.54) is 0 Å². The summed E-state index contributed by atoms with van der Waals surface area (Å²) in [5.74, 6) is -0.226. The summed E-state index contributed by atoms with van der Waals surface area (Å²) in [6, 6.07) is 1.77. The summed E-state index contributed by atoms with van der Waals surface area (Å²) >= 11 is 0. The number of H-pyrrole nitrogens is 1. The van der Waals surface area contributed by atoms with E-state index < -0.39 is 0 Å². The van der Waals surface area contributed by atoms with Crippen LogP contribution in [0.4, 0.5) is 0 Å². The first-order valence-corrected chi connectivity index (χ1v) is 4.88. The van der Waals surface area contributed by atoms with Crippen LogP contribution in [0.25, 0.3) is 10.9 Å². The molecule has 0 bridgehead atoms. The number of hydrogen-bond donors (Lipinski definition) is 2. The third-order valence-corrected chi connectivity index (χ3v) is 2.17. The van der Waals surface area contributed by atoms with Gasteiger partial charge in [-0.3, -0.25) is 14.9 Å². The fourth-order valence-corrected chi connectivity index (χ4v) is 1.38. The molecule has 0 saturated heterocycles. The molecule has 0 aliphatic carbocycles. The molecule has 2 heterocycles. The quantitative estimate of drug-likeness (QED) is 0.728.